The maximum absolute atomic E-state index is 2.69. The van der Waals surface area contributed by atoms with Crippen LogP contribution in [0, 0.1) is 0 Å². The summed E-state index contributed by atoms with van der Waals surface area (Å²) in [6.45, 7) is 13.0. The Balaban J connectivity index is 2.13. The second-order valence-electron chi connectivity index (χ2n) is 7.20. The van der Waals surface area contributed by atoms with Gasteiger partial charge in [-0.15, -0.1) is 0 Å². The molecule has 1 aromatic carbocycles. The second kappa shape index (κ2) is 6.28. The number of hydrogen-bond donors (Lipinski definition) is 0. The van der Waals surface area contributed by atoms with Crippen molar-refractivity contribution >= 4 is 0 Å². The van der Waals surface area contributed by atoms with Crippen molar-refractivity contribution in [3.8, 4) is 0 Å². The fourth-order valence-electron chi connectivity index (χ4n) is 3.48. The minimum atomic E-state index is 0.233. The Morgan fingerprint density at radius 3 is 2.40 bits per heavy atom. The second-order valence-corrected chi connectivity index (χ2v) is 7.20. The van der Waals surface area contributed by atoms with Crippen LogP contribution in [0.1, 0.15) is 39.7 Å². The third kappa shape index (κ3) is 3.62. The molecular formula is C18H30N2. The minimum absolute atomic E-state index is 0.233. The third-order valence-corrected chi connectivity index (χ3v) is 4.70. The first-order chi connectivity index (χ1) is 9.40. The van der Waals surface area contributed by atoms with Crippen LogP contribution in [0.5, 0.6) is 0 Å². The summed E-state index contributed by atoms with van der Waals surface area (Å²) < 4.78 is 0. The smallest absolute Gasteiger partial charge is 0.0234 e. The molecule has 0 aliphatic carbocycles. The topological polar surface area (TPSA) is 6.48 Å². The van der Waals surface area contributed by atoms with E-state index in [-0.39, 0.29) is 5.41 Å². The molecule has 0 bridgehead atoms. The zero-order valence-electron chi connectivity index (χ0n) is 13.8. The average molecular weight is 274 g/mol. The molecule has 1 heterocycles. The summed E-state index contributed by atoms with van der Waals surface area (Å²) in [4.78, 5) is 5.16. The van der Waals surface area contributed by atoms with Gasteiger partial charge < -0.3 is 4.90 Å². The number of benzene rings is 1. The molecule has 1 atom stereocenters. The summed E-state index contributed by atoms with van der Waals surface area (Å²) in [7, 11) is 2.25. The minimum Gasteiger partial charge on any atom is -0.304 e. The van der Waals surface area contributed by atoms with Gasteiger partial charge in [-0.25, -0.2) is 0 Å². The van der Waals surface area contributed by atoms with Crippen molar-refractivity contribution in [3.05, 3.63) is 35.9 Å². The molecule has 0 radical (unpaired) electrons. The Bertz CT molecular complexity index is 411. The number of likely N-dealkylation sites (N-methyl/N-ethyl adjacent to an activating group) is 1. The molecule has 1 aromatic rings. The van der Waals surface area contributed by atoms with Crippen LogP contribution in [0.15, 0.2) is 30.3 Å². The van der Waals surface area contributed by atoms with Gasteiger partial charge in [0.1, 0.15) is 0 Å². The molecule has 1 unspecified atom stereocenters. The lowest BCUT2D eigenvalue weighted by molar-refractivity contribution is 0.0489. The molecule has 0 saturated carbocycles. The van der Waals surface area contributed by atoms with E-state index >= 15 is 0 Å². The van der Waals surface area contributed by atoms with Gasteiger partial charge in [0.05, 0.1) is 0 Å². The van der Waals surface area contributed by atoms with E-state index < -0.39 is 0 Å². The summed E-state index contributed by atoms with van der Waals surface area (Å²) in [6.07, 6.45) is 1.22. The van der Waals surface area contributed by atoms with E-state index in [1.807, 2.05) is 0 Å². The van der Waals surface area contributed by atoms with Crippen molar-refractivity contribution in [2.24, 2.45) is 0 Å². The van der Waals surface area contributed by atoms with Crippen molar-refractivity contribution < 1.29 is 0 Å². The molecule has 2 nitrogen and oxygen atoms in total. The largest absolute Gasteiger partial charge is 0.304 e. The monoisotopic (exact) mass is 274 g/mol. The zero-order chi connectivity index (χ0) is 14.8. The molecule has 1 aliphatic rings. The van der Waals surface area contributed by atoms with Crippen LogP contribution in [0.4, 0.5) is 0 Å². The molecule has 0 spiro atoms. The lowest BCUT2D eigenvalue weighted by atomic mass is 9.78. The molecule has 0 N–H and O–H groups in total. The Kier molecular flexibility index (Phi) is 4.87. The van der Waals surface area contributed by atoms with Gasteiger partial charge in [-0.2, -0.15) is 0 Å². The molecule has 0 amide bonds. The Morgan fingerprint density at radius 1 is 1.15 bits per heavy atom. The highest BCUT2D eigenvalue weighted by Gasteiger charge is 2.32. The summed E-state index contributed by atoms with van der Waals surface area (Å²) in [6, 6.07) is 12.3. The molecule has 112 valence electrons. The lowest BCUT2D eigenvalue weighted by Gasteiger charge is -2.45. The Morgan fingerprint density at radius 2 is 1.80 bits per heavy atom. The van der Waals surface area contributed by atoms with Crippen LogP contribution in [-0.2, 0) is 5.41 Å². The standard InChI is InChI=1S/C18H30N2/c1-15(2)20-12-11-19(5)14-17(20)13-18(3,4)16-9-7-6-8-10-16/h6-10,15,17H,11-14H2,1-5H3. The highest BCUT2D eigenvalue weighted by molar-refractivity contribution is 5.23. The van der Waals surface area contributed by atoms with Crippen LogP contribution < -0.4 is 0 Å². The summed E-state index contributed by atoms with van der Waals surface area (Å²) in [5, 5.41) is 0. The molecule has 1 fully saturated rings. The van der Waals surface area contributed by atoms with E-state index in [1.54, 1.807) is 0 Å². The van der Waals surface area contributed by atoms with Crippen molar-refractivity contribution in [1.82, 2.24) is 9.80 Å². The SMILES string of the molecule is CC(C)N1CCN(C)CC1CC(C)(C)c1ccccc1. The van der Waals surface area contributed by atoms with E-state index in [4.69, 9.17) is 0 Å². The number of piperazine rings is 1. The summed E-state index contributed by atoms with van der Waals surface area (Å²) in [5.41, 5.74) is 1.69. The number of hydrogen-bond acceptors (Lipinski definition) is 2. The van der Waals surface area contributed by atoms with Gasteiger partial charge >= 0.3 is 0 Å². The van der Waals surface area contributed by atoms with Crippen LogP contribution in [0.25, 0.3) is 0 Å². The number of rotatable bonds is 4. The first kappa shape index (κ1) is 15.5. The van der Waals surface area contributed by atoms with Crippen LogP contribution >= 0.6 is 0 Å². The highest BCUT2D eigenvalue weighted by Crippen LogP contribution is 2.31. The van der Waals surface area contributed by atoms with Gasteiger partial charge in [0.2, 0.25) is 0 Å². The normalized spacial score (nSPS) is 22.4. The number of nitrogens with zero attached hydrogens (tertiary/aromatic N) is 2. The van der Waals surface area contributed by atoms with E-state index in [0.717, 1.165) is 0 Å². The average Bonchev–Trinajstić information content (AvgIpc) is 2.39. The zero-order valence-corrected chi connectivity index (χ0v) is 13.8. The quantitative estimate of drug-likeness (QED) is 0.830. The van der Waals surface area contributed by atoms with E-state index in [0.29, 0.717) is 12.1 Å². The molecule has 2 rings (SSSR count). The van der Waals surface area contributed by atoms with Gasteiger partial charge in [-0.3, -0.25) is 4.90 Å². The van der Waals surface area contributed by atoms with Gasteiger partial charge in [0, 0.05) is 31.7 Å². The molecule has 1 aliphatic heterocycles. The van der Waals surface area contributed by atoms with Crippen molar-refractivity contribution in [3.63, 3.8) is 0 Å². The lowest BCUT2D eigenvalue weighted by Crippen LogP contribution is -2.55. The van der Waals surface area contributed by atoms with Crippen LogP contribution in [0.3, 0.4) is 0 Å². The van der Waals surface area contributed by atoms with Crippen molar-refractivity contribution in [2.75, 3.05) is 26.7 Å². The van der Waals surface area contributed by atoms with Crippen LogP contribution in [-0.4, -0.2) is 48.6 Å². The van der Waals surface area contributed by atoms with Crippen molar-refractivity contribution in [2.45, 2.75) is 51.6 Å². The Labute approximate surface area is 124 Å². The summed E-state index contributed by atoms with van der Waals surface area (Å²) in [5.74, 6) is 0. The van der Waals surface area contributed by atoms with Crippen LogP contribution in [0.2, 0.25) is 0 Å². The molecule has 2 heteroatoms. The predicted octanol–water partition coefficient (Wildman–Crippen LogP) is 3.38. The maximum atomic E-state index is 2.69. The fraction of sp³-hybridized carbons (Fsp3) is 0.667. The van der Waals surface area contributed by atoms with Gasteiger partial charge in [-0.05, 0) is 38.3 Å². The molecule has 0 aromatic heterocycles. The first-order valence-corrected chi connectivity index (χ1v) is 7.90. The third-order valence-electron chi connectivity index (χ3n) is 4.70. The molecule has 20 heavy (non-hydrogen) atoms. The predicted molar refractivity (Wildman–Crippen MR) is 87.2 cm³/mol. The highest BCUT2D eigenvalue weighted by atomic mass is 15.3. The van der Waals surface area contributed by atoms with Gasteiger partial charge in [0.25, 0.3) is 0 Å². The van der Waals surface area contributed by atoms with E-state index in [9.17, 15) is 0 Å². The molecule has 1 saturated heterocycles. The van der Waals surface area contributed by atoms with Crippen molar-refractivity contribution in [1.29, 1.82) is 0 Å². The Hall–Kier alpha value is -0.860. The maximum Gasteiger partial charge on any atom is 0.0234 e. The van der Waals surface area contributed by atoms with Gasteiger partial charge in [0.15, 0.2) is 0 Å². The fourth-order valence-corrected chi connectivity index (χ4v) is 3.48. The molecular weight excluding hydrogens is 244 g/mol. The first-order valence-electron chi connectivity index (χ1n) is 7.90. The summed E-state index contributed by atoms with van der Waals surface area (Å²) >= 11 is 0. The van der Waals surface area contributed by atoms with E-state index in [1.165, 1.54) is 31.6 Å². The van der Waals surface area contributed by atoms with Gasteiger partial charge in [-0.1, -0.05) is 44.2 Å². The van der Waals surface area contributed by atoms with E-state index in [2.05, 4.69) is 74.9 Å².